The summed E-state index contributed by atoms with van der Waals surface area (Å²) in [5.74, 6) is 0.996. The van der Waals surface area contributed by atoms with E-state index in [1.165, 1.54) is 18.4 Å². The van der Waals surface area contributed by atoms with E-state index in [-0.39, 0.29) is 29.9 Å². The first-order valence-electron chi connectivity index (χ1n) is 7.55. The lowest BCUT2D eigenvalue weighted by Crippen LogP contribution is -2.28. The molecule has 1 aromatic rings. The molecule has 1 unspecified atom stereocenters. The Labute approximate surface area is 148 Å². The van der Waals surface area contributed by atoms with Crippen LogP contribution in [0.15, 0.2) is 29.3 Å². The number of nitrogens with two attached hydrogens (primary N) is 1. The summed E-state index contributed by atoms with van der Waals surface area (Å²) >= 11 is 0. The van der Waals surface area contributed by atoms with Gasteiger partial charge >= 0.3 is 0 Å². The van der Waals surface area contributed by atoms with Gasteiger partial charge in [-0.2, -0.15) is 0 Å². The van der Waals surface area contributed by atoms with Crippen LogP contribution in [0.2, 0.25) is 0 Å². The van der Waals surface area contributed by atoms with Crippen LogP contribution in [0.25, 0.3) is 0 Å². The monoisotopic (exact) mass is 414 g/mol. The zero-order chi connectivity index (χ0) is 14.8. The molecule has 1 saturated carbocycles. The van der Waals surface area contributed by atoms with Gasteiger partial charge in [0.15, 0.2) is 5.96 Å². The number of guanidine groups is 1. The predicted molar refractivity (Wildman–Crippen MR) is 99.5 cm³/mol. The summed E-state index contributed by atoms with van der Waals surface area (Å²) < 4.78 is 0. The average Bonchev–Trinajstić information content (AvgIpc) is 3.23. The summed E-state index contributed by atoms with van der Waals surface area (Å²) in [5, 5.41) is 3.08. The van der Waals surface area contributed by atoms with Gasteiger partial charge in [0.25, 0.3) is 0 Å². The van der Waals surface area contributed by atoms with Crippen molar-refractivity contribution >= 4 is 41.5 Å². The molecule has 0 spiro atoms. The second kappa shape index (κ2) is 7.30. The molecule has 22 heavy (non-hydrogen) atoms. The summed E-state index contributed by atoms with van der Waals surface area (Å²) in [7, 11) is 0. The quantitative estimate of drug-likeness (QED) is 0.452. The van der Waals surface area contributed by atoms with Crippen LogP contribution in [-0.4, -0.2) is 35.9 Å². The molecule has 0 radical (unpaired) electrons. The zero-order valence-electron chi connectivity index (χ0n) is 12.8. The highest BCUT2D eigenvalue weighted by molar-refractivity contribution is 14.0. The van der Waals surface area contributed by atoms with Crippen LogP contribution in [-0.2, 0) is 4.79 Å². The fraction of sp³-hybridized carbons (Fsp3) is 0.500. The fourth-order valence-electron chi connectivity index (χ4n) is 2.72. The number of nitrogens with zero attached hydrogens (tertiary/aromatic N) is 2. The Bertz CT molecular complexity index is 554. The normalized spacial score (nSPS) is 21.7. The summed E-state index contributed by atoms with van der Waals surface area (Å²) in [6.07, 6.45) is 2.94. The number of amides is 1. The number of anilines is 1. The maximum Gasteiger partial charge on any atom is 0.223 e. The zero-order valence-corrected chi connectivity index (χ0v) is 15.1. The highest BCUT2D eigenvalue weighted by atomic mass is 127. The van der Waals surface area contributed by atoms with Crippen molar-refractivity contribution in [2.24, 2.45) is 16.6 Å². The van der Waals surface area contributed by atoms with E-state index in [1.807, 2.05) is 36.1 Å². The van der Waals surface area contributed by atoms with Crippen molar-refractivity contribution in [2.45, 2.75) is 32.2 Å². The number of aryl methyl sites for hydroxylation is 1. The number of carbonyl (C=O) groups excluding carboxylic acids is 1. The van der Waals surface area contributed by atoms with Crippen LogP contribution in [0, 0.1) is 12.8 Å². The molecule has 3 rings (SSSR count). The van der Waals surface area contributed by atoms with Gasteiger partial charge in [0.2, 0.25) is 5.91 Å². The lowest BCUT2D eigenvalue weighted by atomic mass is 10.1. The minimum atomic E-state index is 0. The molecule has 1 aromatic carbocycles. The van der Waals surface area contributed by atoms with Crippen molar-refractivity contribution in [1.29, 1.82) is 0 Å². The van der Waals surface area contributed by atoms with E-state index in [0.29, 0.717) is 30.9 Å². The van der Waals surface area contributed by atoms with E-state index in [1.54, 1.807) is 0 Å². The van der Waals surface area contributed by atoms with E-state index >= 15 is 0 Å². The van der Waals surface area contributed by atoms with Gasteiger partial charge in [-0.25, -0.2) is 0 Å². The summed E-state index contributed by atoms with van der Waals surface area (Å²) in [5.41, 5.74) is 8.05. The highest BCUT2D eigenvalue weighted by Gasteiger charge is 2.38. The van der Waals surface area contributed by atoms with Crippen molar-refractivity contribution in [3.63, 3.8) is 0 Å². The number of hydrogen-bond donors (Lipinski definition) is 2. The lowest BCUT2D eigenvalue weighted by molar-refractivity contribution is -0.128. The van der Waals surface area contributed by atoms with Gasteiger partial charge in [-0.15, -0.1) is 24.0 Å². The molecule has 6 heteroatoms. The van der Waals surface area contributed by atoms with E-state index in [0.717, 1.165) is 12.2 Å². The molecule has 2 aliphatic rings. The number of benzene rings is 1. The molecule has 5 nitrogen and oxygen atoms in total. The fourth-order valence-corrected chi connectivity index (χ4v) is 2.72. The Morgan fingerprint density at radius 3 is 2.68 bits per heavy atom. The second-order valence-corrected chi connectivity index (χ2v) is 6.06. The van der Waals surface area contributed by atoms with Gasteiger partial charge in [-0.1, -0.05) is 17.7 Å². The summed E-state index contributed by atoms with van der Waals surface area (Å²) in [6, 6.07) is 8.52. The summed E-state index contributed by atoms with van der Waals surface area (Å²) in [4.78, 5) is 18.3. The Morgan fingerprint density at radius 1 is 1.36 bits per heavy atom. The maximum atomic E-state index is 11.9. The number of halogens is 1. The number of carbonyl (C=O) groups is 1. The third kappa shape index (κ3) is 4.34. The number of likely N-dealkylation sites (tertiary alicyclic amines) is 1. The maximum absolute atomic E-state index is 11.9. The van der Waals surface area contributed by atoms with Crippen LogP contribution >= 0.6 is 24.0 Å². The first-order chi connectivity index (χ1) is 10.1. The Morgan fingerprint density at radius 2 is 2.05 bits per heavy atom. The Kier molecular flexibility index (Phi) is 5.66. The van der Waals surface area contributed by atoms with Crippen LogP contribution in [0.1, 0.15) is 24.8 Å². The van der Waals surface area contributed by atoms with Gasteiger partial charge in [-0.05, 0) is 31.9 Å². The minimum absolute atomic E-state index is 0. The number of hydrogen-bond acceptors (Lipinski definition) is 2. The van der Waals surface area contributed by atoms with Crippen molar-refractivity contribution in [2.75, 3.05) is 18.4 Å². The standard InChI is InChI=1S/C16H22N4O.HI/c1-11-2-4-13(5-3-11)19-16(17)18-9-12-8-15(21)20(10-12)14-6-7-14;/h2-5,12,14H,6-10H2,1H3,(H3,17,18,19);1H. The number of aliphatic imine (C=N–C) groups is 1. The molecule has 2 fully saturated rings. The van der Waals surface area contributed by atoms with E-state index in [2.05, 4.69) is 10.3 Å². The Balaban J connectivity index is 0.00000176. The molecule has 1 aliphatic heterocycles. The lowest BCUT2D eigenvalue weighted by Gasteiger charge is -2.14. The average molecular weight is 414 g/mol. The largest absolute Gasteiger partial charge is 0.370 e. The van der Waals surface area contributed by atoms with Gasteiger partial charge in [0, 0.05) is 37.2 Å². The topological polar surface area (TPSA) is 70.7 Å². The van der Waals surface area contributed by atoms with Crippen LogP contribution in [0.5, 0.6) is 0 Å². The van der Waals surface area contributed by atoms with Crippen LogP contribution < -0.4 is 11.1 Å². The molecule has 1 amide bonds. The van der Waals surface area contributed by atoms with Crippen molar-refractivity contribution in [3.8, 4) is 0 Å². The molecule has 3 N–H and O–H groups in total. The summed E-state index contributed by atoms with van der Waals surface area (Å²) in [6.45, 7) is 3.49. The predicted octanol–water partition coefficient (Wildman–Crippen LogP) is 2.35. The number of rotatable bonds is 4. The third-order valence-electron chi connectivity index (χ3n) is 4.07. The van der Waals surface area contributed by atoms with Crippen molar-refractivity contribution < 1.29 is 4.79 Å². The van der Waals surface area contributed by atoms with Gasteiger partial charge in [0.1, 0.15) is 0 Å². The minimum Gasteiger partial charge on any atom is -0.370 e. The SMILES string of the molecule is Cc1ccc(NC(N)=NCC2CC(=O)N(C3CC3)C2)cc1.I. The van der Waals surface area contributed by atoms with Crippen molar-refractivity contribution in [1.82, 2.24) is 4.90 Å². The molecular formula is C16H23IN4O. The molecule has 1 saturated heterocycles. The van der Waals surface area contributed by atoms with E-state index in [4.69, 9.17) is 5.73 Å². The molecule has 0 aromatic heterocycles. The first kappa shape index (κ1) is 17.1. The molecule has 1 heterocycles. The molecular weight excluding hydrogens is 391 g/mol. The molecule has 1 atom stereocenters. The molecule has 1 aliphatic carbocycles. The van der Waals surface area contributed by atoms with Gasteiger partial charge < -0.3 is 16.0 Å². The third-order valence-corrected chi connectivity index (χ3v) is 4.07. The van der Waals surface area contributed by atoms with E-state index in [9.17, 15) is 4.79 Å². The molecule has 0 bridgehead atoms. The van der Waals surface area contributed by atoms with Crippen LogP contribution in [0.3, 0.4) is 0 Å². The van der Waals surface area contributed by atoms with Gasteiger partial charge in [0.05, 0.1) is 0 Å². The Hall–Kier alpha value is -1.31. The van der Waals surface area contributed by atoms with Gasteiger partial charge in [-0.3, -0.25) is 9.79 Å². The molecule has 120 valence electrons. The first-order valence-corrected chi connectivity index (χ1v) is 7.55. The number of nitrogens with one attached hydrogen (secondary N) is 1. The van der Waals surface area contributed by atoms with Crippen molar-refractivity contribution in [3.05, 3.63) is 29.8 Å². The highest BCUT2D eigenvalue weighted by Crippen LogP contribution is 2.32. The smallest absolute Gasteiger partial charge is 0.223 e. The van der Waals surface area contributed by atoms with E-state index < -0.39 is 0 Å². The van der Waals surface area contributed by atoms with Crippen LogP contribution in [0.4, 0.5) is 5.69 Å². The second-order valence-electron chi connectivity index (χ2n) is 6.06.